The summed E-state index contributed by atoms with van der Waals surface area (Å²) in [5.74, 6) is 0.300. The van der Waals surface area contributed by atoms with Crippen LogP contribution in [0.2, 0.25) is 0 Å². The van der Waals surface area contributed by atoms with Gasteiger partial charge in [0.05, 0.1) is 10.9 Å². The maximum atomic E-state index is 11.8. The molecule has 0 saturated heterocycles. The van der Waals surface area contributed by atoms with Crippen molar-refractivity contribution in [2.75, 3.05) is 5.75 Å². The molecule has 2 N–H and O–H groups in total. The lowest BCUT2D eigenvalue weighted by Crippen LogP contribution is -2.31. The number of hydrogen-bond donors (Lipinski definition) is 2. The molecule has 4 heteroatoms. The number of Topliss-reactive ketones (excluding diaryl/α,β-unsaturated/α-hetero) is 1. The SMILES string of the molecule is N[C@@H](CS)C(=O)c1cccccccs1. The van der Waals surface area contributed by atoms with Gasteiger partial charge in [0, 0.05) is 5.75 Å². The maximum absolute atomic E-state index is 11.8. The van der Waals surface area contributed by atoms with Crippen molar-refractivity contribution >= 4 is 29.7 Å². The average molecular weight is 239 g/mol. The van der Waals surface area contributed by atoms with Crippen molar-refractivity contribution in [2.45, 2.75) is 6.04 Å². The van der Waals surface area contributed by atoms with Crippen molar-refractivity contribution in [3.8, 4) is 0 Å². The van der Waals surface area contributed by atoms with Gasteiger partial charge < -0.3 is 5.73 Å². The third-order valence-electron chi connectivity index (χ3n) is 1.74. The Balaban J connectivity index is 3.05. The Morgan fingerprint density at radius 3 is 2.73 bits per heavy atom. The van der Waals surface area contributed by atoms with Crippen LogP contribution < -0.4 is 5.73 Å². The van der Waals surface area contributed by atoms with Crippen LogP contribution in [0, 0.1) is 0 Å². The Bertz CT molecular complexity index is 350. The van der Waals surface area contributed by atoms with Crippen LogP contribution in [0.5, 0.6) is 0 Å². The van der Waals surface area contributed by atoms with Gasteiger partial charge >= 0.3 is 0 Å². The highest BCUT2D eigenvalue weighted by Crippen LogP contribution is 2.07. The molecule has 2 nitrogen and oxygen atoms in total. The molecule has 0 aliphatic heterocycles. The lowest BCUT2D eigenvalue weighted by Gasteiger charge is -2.04. The smallest absolute Gasteiger partial charge is 0.190 e. The molecule has 0 radical (unpaired) electrons. The maximum Gasteiger partial charge on any atom is 0.190 e. The zero-order valence-corrected chi connectivity index (χ0v) is 9.88. The van der Waals surface area contributed by atoms with E-state index in [0.29, 0.717) is 10.6 Å². The van der Waals surface area contributed by atoms with E-state index in [4.69, 9.17) is 5.73 Å². The zero-order chi connectivity index (χ0) is 11.1. The highest BCUT2D eigenvalue weighted by molar-refractivity contribution is 7.80. The molecule has 0 aromatic carbocycles. The molecule has 1 rings (SSSR count). The molecular formula is C11H13NOS2. The molecule has 80 valence electrons. The summed E-state index contributed by atoms with van der Waals surface area (Å²) in [5.41, 5.74) is 5.63. The van der Waals surface area contributed by atoms with Crippen molar-refractivity contribution < 1.29 is 4.79 Å². The molecular weight excluding hydrogens is 226 g/mol. The van der Waals surface area contributed by atoms with Crippen LogP contribution in [0.1, 0.15) is 9.67 Å². The molecule has 1 atom stereocenters. The third-order valence-corrected chi connectivity index (χ3v) is 3.02. The predicted octanol–water partition coefficient (Wildman–Crippen LogP) is 2.31. The van der Waals surface area contributed by atoms with Gasteiger partial charge in [0.2, 0.25) is 0 Å². The number of hydrogen-bond acceptors (Lipinski definition) is 4. The van der Waals surface area contributed by atoms with Gasteiger partial charge in [-0.2, -0.15) is 12.6 Å². The van der Waals surface area contributed by atoms with Crippen LogP contribution in [0.3, 0.4) is 0 Å². The molecule has 0 amide bonds. The van der Waals surface area contributed by atoms with Gasteiger partial charge in [-0.15, -0.1) is 11.3 Å². The van der Waals surface area contributed by atoms with Crippen LogP contribution in [0.25, 0.3) is 0 Å². The fourth-order valence-electron chi connectivity index (χ4n) is 0.938. The van der Waals surface area contributed by atoms with E-state index in [2.05, 4.69) is 12.6 Å². The zero-order valence-electron chi connectivity index (χ0n) is 8.17. The van der Waals surface area contributed by atoms with Gasteiger partial charge in [0.15, 0.2) is 5.78 Å². The molecule has 0 bridgehead atoms. The second kappa shape index (κ2) is 6.61. The summed E-state index contributed by atoms with van der Waals surface area (Å²) < 4.78 is 0. The summed E-state index contributed by atoms with van der Waals surface area (Å²) in [4.78, 5) is 12.4. The summed E-state index contributed by atoms with van der Waals surface area (Å²) in [6.07, 6.45) is 0. The summed E-state index contributed by atoms with van der Waals surface area (Å²) in [6.45, 7) is 0. The van der Waals surface area contributed by atoms with Gasteiger partial charge in [0.1, 0.15) is 0 Å². The Hall–Kier alpha value is -0.840. The number of carbonyl (C=O) groups excluding carboxylic acids is 1. The van der Waals surface area contributed by atoms with E-state index in [9.17, 15) is 4.79 Å². The standard InChI is InChI=1S/C11H13NOS2/c12-9(8-14)11(13)10-6-4-2-1-3-5-7-15-10/h1-7,9,14H,8,12H2/t9-/m0/s1. The third kappa shape index (κ3) is 4.03. The lowest BCUT2D eigenvalue weighted by molar-refractivity contribution is 0.0974. The Labute approximate surface area is 98.9 Å². The van der Waals surface area contributed by atoms with Crippen molar-refractivity contribution in [3.05, 3.63) is 46.7 Å². The minimum atomic E-state index is -0.525. The van der Waals surface area contributed by atoms with Crippen LogP contribution in [0.15, 0.2) is 41.8 Å². The van der Waals surface area contributed by atoms with E-state index in [-0.39, 0.29) is 5.78 Å². The number of thiol groups is 1. The van der Waals surface area contributed by atoms with Gasteiger partial charge in [-0.05, 0) is 11.4 Å². The van der Waals surface area contributed by atoms with E-state index >= 15 is 0 Å². The molecule has 0 spiro atoms. The van der Waals surface area contributed by atoms with Crippen molar-refractivity contribution in [3.63, 3.8) is 0 Å². The quantitative estimate of drug-likeness (QED) is 0.628. The largest absolute Gasteiger partial charge is 0.320 e. The van der Waals surface area contributed by atoms with E-state index in [1.807, 2.05) is 35.7 Å². The second-order valence-corrected chi connectivity index (χ2v) is 4.21. The summed E-state index contributed by atoms with van der Waals surface area (Å²) in [5, 5.41) is 1.86. The molecule has 15 heavy (non-hydrogen) atoms. The fraction of sp³-hybridized carbons (Fsp3) is 0.182. The molecule has 1 heterocycles. The summed E-state index contributed by atoms with van der Waals surface area (Å²) in [6, 6.07) is 10.6. The van der Waals surface area contributed by atoms with Crippen molar-refractivity contribution in [1.82, 2.24) is 0 Å². The first-order valence-corrected chi connectivity index (χ1v) is 6.04. The minimum absolute atomic E-state index is 0.0637. The molecule has 0 aliphatic rings. The Kier molecular flexibility index (Phi) is 5.39. The van der Waals surface area contributed by atoms with Gasteiger partial charge in [0.25, 0.3) is 0 Å². The van der Waals surface area contributed by atoms with Gasteiger partial charge in [-0.3, -0.25) is 4.79 Å². The number of nitrogens with two attached hydrogens (primary N) is 1. The molecule has 0 unspecified atom stereocenters. The molecule has 0 fully saturated rings. The molecule has 1 aromatic heterocycles. The minimum Gasteiger partial charge on any atom is -0.320 e. The van der Waals surface area contributed by atoms with Crippen molar-refractivity contribution in [2.24, 2.45) is 5.73 Å². The predicted molar refractivity (Wildman–Crippen MR) is 68.1 cm³/mol. The molecule has 0 aliphatic carbocycles. The van der Waals surface area contributed by atoms with Gasteiger partial charge in [-0.1, -0.05) is 30.3 Å². The van der Waals surface area contributed by atoms with E-state index < -0.39 is 6.04 Å². The Morgan fingerprint density at radius 1 is 1.33 bits per heavy atom. The van der Waals surface area contributed by atoms with Crippen LogP contribution in [-0.2, 0) is 0 Å². The van der Waals surface area contributed by atoms with Crippen molar-refractivity contribution in [1.29, 1.82) is 0 Å². The number of rotatable bonds is 3. The first-order valence-electron chi connectivity index (χ1n) is 4.53. The highest BCUT2D eigenvalue weighted by atomic mass is 32.1. The van der Waals surface area contributed by atoms with Crippen LogP contribution >= 0.6 is 24.0 Å². The van der Waals surface area contributed by atoms with Crippen LogP contribution in [-0.4, -0.2) is 17.6 Å². The summed E-state index contributed by atoms with van der Waals surface area (Å²) >= 11 is 5.39. The molecule has 0 saturated carbocycles. The number of carbonyl (C=O) groups is 1. The van der Waals surface area contributed by atoms with E-state index in [0.717, 1.165) is 0 Å². The normalized spacial score (nSPS) is 11.6. The fourth-order valence-corrected chi connectivity index (χ4v) is 1.84. The summed E-state index contributed by atoms with van der Waals surface area (Å²) in [7, 11) is 0. The first-order chi connectivity index (χ1) is 7.25. The average Bonchev–Trinajstić information content (AvgIpc) is 2.40. The monoisotopic (exact) mass is 239 g/mol. The number of ketones is 1. The van der Waals surface area contributed by atoms with Gasteiger partial charge in [-0.25, -0.2) is 0 Å². The first kappa shape index (κ1) is 12.2. The van der Waals surface area contributed by atoms with E-state index in [1.54, 1.807) is 6.07 Å². The van der Waals surface area contributed by atoms with E-state index in [1.165, 1.54) is 11.3 Å². The Morgan fingerprint density at radius 2 is 2.00 bits per heavy atom. The lowest BCUT2D eigenvalue weighted by atomic mass is 10.2. The van der Waals surface area contributed by atoms with Crippen LogP contribution in [0.4, 0.5) is 0 Å². The topological polar surface area (TPSA) is 43.1 Å². The second-order valence-electron chi connectivity index (χ2n) is 2.90. The molecule has 1 aromatic rings. The highest BCUT2D eigenvalue weighted by Gasteiger charge is 2.13.